The number of nitrogens with one attached hydrogen (secondary N) is 1. The Bertz CT molecular complexity index is 304. The van der Waals surface area contributed by atoms with Gasteiger partial charge in [0.25, 0.3) is 0 Å². The lowest BCUT2D eigenvalue weighted by Gasteiger charge is -1.87. The highest BCUT2D eigenvalue weighted by Crippen LogP contribution is 1.93. The van der Waals surface area contributed by atoms with Gasteiger partial charge in [-0.3, -0.25) is 4.98 Å². The van der Waals surface area contributed by atoms with Crippen LogP contribution in [-0.2, 0) is 0 Å². The molecule has 1 heterocycles. The highest BCUT2D eigenvalue weighted by Gasteiger charge is 1.97. The van der Waals surface area contributed by atoms with E-state index < -0.39 is 5.97 Å². The molecule has 14 heavy (non-hydrogen) atoms. The summed E-state index contributed by atoms with van der Waals surface area (Å²) in [4.78, 5) is 13.8. The number of hydrogen-bond acceptors (Lipinski definition) is 4. The van der Waals surface area contributed by atoms with Gasteiger partial charge in [-0.15, -0.1) is 0 Å². The van der Waals surface area contributed by atoms with E-state index in [4.69, 9.17) is 10.8 Å². The third-order valence-corrected chi connectivity index (χ3v) is 1.19. The molecule has 0 aliphatic rings. The molecule has 0 atom stereocenters. The van der Waals surface area contributed by atoms with E-state index >= 15 is 0 Å². The zero-order valence-corrected chi connectivity index (χ0v) is 7.99. The van der Waals surface area contributed by atoms with Crippen molar-refractivity contribution < 1.29 is 9.90 Å². The molecule has 76 valence electrons. The summed E-state index contributed by atoms with van der Waals surface area (Å²) in [6, 6.07) is 2.89. The van der Waals surface area contributed by atoms with Crippen LogP contribution in [0.25, 0.3) is 0 Å². The summed E-state index contributed by atoms with van der Waals surface area (Å²) in [5, 5.41) is 8.47. The monoisotopic (exact) mass is 214 g/mol. The summed E-state index contributed by atoms with van der Waals surface area (Å²) in [5.74, 6) is 3.74. The van der Waals surface area contributed by atoms with Crippen molar-refractivity contribution in [2.45, 2.75) is 0 Å². The molecule has 0 spiro atoms. The van der Waals surface area contributed by atoms with Crippen LogP contribution in [0.5, 0.6) is 0 Å². The molecular formula is C7H10N4O2S. The van der Waals surface area contributed by atoms with Gasteiger partial charge in [0.15, 0.2) is 5.11 Å². The minimum absolute atomic E-state index is 0.116. The van der Waals surface area contributed by atoms with Gasteiger partial charge in [-0.05, 0) is 24.4 Å². The number of hydrogen-bond donors (Lipinski definition) is 4. The Morgan fingerprint density at radius 3 is 2.14 bits per heavy atom. The van der Waals surface area contributed by atoms with E-state index in [9.17, 15) is 4.79 Å². The van der Waals surface area contributed by atoms with Gasteiger partial charge in [0, 0.05) is 12.4 Å². The first kappa shape index (κ1) is 12.3. The van der Waals surface area contributed by atoms with Gasteiger partial charge in [0.2, 0.25) is 0 Å². The number of aromatic carboxylic acids is 1. The maximum atomic E-state index is 10.2. The quantitative estimate of drug-likeness (QED) is 0.282. The zero-order valence-electron chi connectivity index (χ0n) is 7.18. The van der Waals surface area contributed by atoms with Crippen molar-refractivity contribution >= 4 is 23.3 Å². The smallest absolute Gasteiger partial charge is 0.335 e. The van der Waals surface area contributed by atoms with Crippen molar-refractivity contribution in [3.8, 4) is 0 Å². The minimum Gasteiger partial charge on any atom is -0.478 e. The van der Waals surface area contributed by atoms with Crippen LogP contribution < -0.4 is 17.0 Å². The summed E-state index contributed by atoms with van der Waals surface area (Å²) in [7, 11) is 0. The summed E-state index contributed by atoms with van der Waals surface area (Å²) < 4.78 is 0. The van der Waals surface area contributed by atoms with Gasteiger partial charge < -0.3 is 16.3 Å². The van der Waals surface area contributed by atoms with Gasteiger partial charge in [-0.1, -0.05) is 0 Å². The second-order valence-electron chi connectivity index (χ2n) is 2.05. The molecule has 0 saturated heterocycles. The van der Waals surface area contributed by atoms with Gasteiger partial charge in [-0.2, -0.15) is 0 Å². The number of pyridine rings is 1. The molecule has 6 nitrogen and oxygen atoms in total. The van der Waals surface area contributed by atoms with Crippen molar-refractivity contribution in [1.82, 2.24) is 10.4 Å². The van der Waals surface area contributed by atoms with E-state index in [2.05, 4.69) is 23.0 Å². The highest BCUT2D eigenvalue weighted by molar-refractivity contribution is 7.80. The van der Waals surface area contributed by atoms with Crippen LogP contribution in [0.2, 0.25) is 0 Å². The van der Waals surface area contributed by atoms with Crippen LogP contribution in [0.15, 0.2) is 24.5 Å². The van der Waals surface area contributed by atoms with Crippen LogP contribution >= 0.6 is 12.2 Å². The molecule has 0 fully saturated rings. The number of aromatic nitrogens is 1. The number of hydrazine groups is 1. The molecule has 0 bridgehead atoms. The predicted octanol–water partition coefficient (Wildman–Crippen LogP) is -0.527. The van der Waals surface area contributed by atoms with E-state index in [1.54, 1.807) is 0 Å². The highest BCUT2D eigenvalue weighted by atomic mass is 32.1. The lowest BCUT2D eigenvalue weighted by atomic mass is 10.3. The van der Waals surface area contributed by atoms with Gasteiger partial charge in [0.05, 0.1) is 5.56 Å². The van der Waals surface area contributed by atoms with Crippen molar-refractivity contribution in [3.05, 3.63) is 30.1 Å². The number of carbonyl (C=O) groups is 1. The first-order valence-corrected chi connectivity index (χ1v) is 3.88. The number of carboxylic acid groups (broad SMARTS) is 1. The average molecular weight is 214 g/mol. The number of carboxylic acids is 1. The molecule has 0 aromatic carbocycles. The fraction of sp³-hybridized carbons (Fsp3) is 0. The van der Waals surface area contributed by atoms with Crippen LogP contribution in [0.1, 0.15) is 10.4 Å². The molecule has 1 rings (SSSR count). The normalized spacial score (nSPS) is 8.07. The Balaban J connectivity index is 0.000000292. The molecule has 1 aromatic heterocycles. The lowest BCUT2D eigenvalue weighted by molar-refractivity contribution is 0.0697. The first-order valence-electron chi connectivity index (χ1n) is 3.47. The van der Waals surface area contributed by atoms with Crippen LogP contribution in [-0.4, -0.2) is 21.2 Å². The minimum atomic E-state index is -0.919. The van der Waals surface area contributed by atoms with Gasteiger partial charge in [-0.25, -0.2) is 10.6 Å². The molecule has 0 aliphatic heterocycles. The van der Waals surface area contributed by atoms with E-state index in [0.29, 0.717) is 0 Å². The third-order valence-electron chi connectivity index (χ3n) is 1.07. The molecule has 0 unspecified atom stereocenters. The SMILES string of the molecule is NNC(N)=S.O=C(O)c1ccncc1. The second-order valence-corrected chi connectivity index (χ2v) is 2.49. The van der Waals surface area contributed by atoms with Gasteiger partial charge >= 0.3 is 5.97 Å². The second kappa shape index (κ2) is 6.75. The van der Waals surface area contributed by atoms with Crippen LogP contribution in [0, 0.1) is 0 Å². The largest absolute Gasteiger partial charge is 0.478 e. The molecule has 0 aliphatic carbocycles. The Morgan fingerprint density at radius 1 is 1.50 bits per heavy atom. The van der Waals surface area contributed by atoms with Gasteiger partial charge in [0.1, 0.15) is 0 Å². The van der Waals surface area contributed by atoms with Crippen molar-refractivity contribution in [1.29, 1.82) is 0 Å². The Kier molecular flexibility index (Phi) is 5.92. The molecule has 0 saturated carbocycles. The van der Waals surface area contributed by atoms with Crippen molar-refractivity contribution in [2.24, 2.45) is 11.6 Å². The molecular weight excluding hydrogens is 204 g/mol. The molecule has 6 N–H and O–H groups in total. The third kappa shape index (κ3) is 5.86. The Hall–Kier alpha value is -1.73. The van der Waals surface area contributed by atoms with E-state index in [-0.39, 0.29) is 10.7 Å². The number of nitrogens with two attached hydrogens (primary N) is 2. The lowest BCUT2D eigenvalue weighted by Crippen LogP contribution is -2.34. The van der Waals surface area contributed by atoms with Crippen LogP contribution in [0.4, 0.5) is 0 Å². The van der Waals surface area contributed by atoms with E-state index in [1.165, 1.54) is 24.5 Å². The standard InChI is InChI=1S/C6H5NO2.CH5N3S/c8-6(9)5-1-3-7-4-2-5;2-1(5)4-3/h1-4H,(H,8,9);3H2,(H3,2,4,5). The maximum Gasteiger partial charge on any atom is 0.335 e. The molecule has 1 aromatic rings. The van der Waals surface area contributed by atoms with E-state index in [1.807, 2.05) is 5.43 Å². The van der Waals surface area contributed by atoms with Crippen molar-refractivity contribution in [2.75, 3.05) is 0 Å². The van der Waals surface area contributed by atoms with E-state index in [0.717, 1.165) is 0 Å². The zero-order chi connectivity index (χ0) is 11.0. The Labute approximate surface area is 85.9 Å². The Morgan fingerprint density at radius 2 is 1.93 bits per heavy atom. The van der Waals surface area contributed by atoms with Crippen molar-refractivity contribution in [3.63, 3.8) is 0 Å². The summed E-state index contributed by atoms with van der Waals surface area (Å²) >= 11 is 4.24. The average Bonchev–Trinajstić information content (AvgIpc) is 2.20. The fourth-order valence-electron chi connectivity index (χ4n) is 0.494. The fourth-order valence-corrected chi connectivity index (χ4v) is 0.494. The number of rotatable bonds is 1. The summed E-state index contributed by atoms with van der Waals surface area (Å²) in [5.41, 5.74) is 7.09. The van der Waals surface area contributed by atoms with Crippen LogP contribution in [0.3, 0.4) is 0 Å². The topological polar surface area (TPSA) is 114 Å². The number of thiocarbonyl (C=S) groups is 1. The summed E-state index contributed by atoms with van der Waals surface area (Å²) in [6.07, 6.45) is 2.90. The molecule has 0 radical (unpaired) electrons. The molecule has 0 amide bonds. The maximum absolute atomic E-state index is 10.2. The summed E-state index contributed by atoms with van der Waals surface area (Å²) in [6.45, 7) is 0. The number of nitrogens with zero attached hydrogens (tertiary/aromatic N) is 1. The molecule has 7 heteroatoms. The first-order chi connectivity index (χ1) is 6.57. The predicted molar refractivity (Wildman–Crippen MR) is 55.3 cm³/mol.